The van der Waals surface area contributed by atoms with Gasteiger partial charge in [0, 0.05) is 11.1 Å². The Morgan fingerprint density at radius 1 is 1.19 bits per heavy atom. The van der Waals surface area contributed by atoms with E-state index in [4.69, 9.17) is 11.3 Å². The number of H-pyrrole nitrogens is 1. The van der Waals surface area contributed by atoms with Gasteiger partial charge in [0.05, 0.1) is 13.7 Å². The molecular weight excluding hydrogens is 396 g/mol. The third-order valence-electron chi connectivity index (χ3n) is 4.59. The van der Waals surface area contributed by atoms with Gasteiger partial charge in [-0.05, 0) is 34.4 Å². The predicted molar refractivity (Wildman–Crippen MR) is 114 cm³/mol. The average Bonchev–Trinajstić information content (AvgIpc) is 3.41. The van der Waals surface area contributed by atoms with E-state index in [1.165, 1.54) is 4.68 Å². The molecule has 4 aromatic rings. The van der Waals surface area contributed by atoms with Gasteiger partial charge in [-0.15, -0.1) is 5.10 Å². The SMILES string of the molecule is [C-]#[N+]c1nn(C)c(C(=O)Nc2nn[nH]n2)c1-c1ccc(-c2ccccc2OCC)cc1. The molecule has 0 unspecified atom stereocenters. The van der Waals surface area contributed by atoms with Crippen molar-refractivity contribution in [1.29, 1.82) is 0 Å². The molecule has 10 heteroatoms. The maximum atomic E-state index is 12.8. The summed E-state index contributed by atoms with van der Waals surface area (Å²) in [7, 11) is 1.61. The molecule has 1 amide bonds. The fourth-order valence-corrected chi connectivity index (χ4v) is 3.29. The number of carbonyl (C=O) groups excluding carboxylic acids is 1. The first kappa shape index (κ1) is 19.8. The molecule has 31 heavy (non-hydrogen) atoms. The van der Waals surface area contributed by atoms with Gasteiger partial charge in [-0.25, -0.2) is 0 Å². The molecule has 0 radical (unpaired) electrons. The van der Waals surface area contributed by atoms with Crippen molar-refractivity contribution in [3.05, 3.63) is 65.6 Å². The van der Waals surface area contributed by atoms with E-state index in [-0.39, 0.29) is 17.5 Å². The number of nitrogens with zero attached hydrogens (tertiary/aromatic N) is 6. The predicted octanol–water partition coefficient (Wildman–Crippen LogP) is 3.47. The van der Waals surface area contributed by atoms with Crippen molar-refractivity contribution < 1.29 is 9.53 Å². The molecule has 2 aromatic carbocycles. The normalized spacial score (nSPS) is 10.5. The maximum Gasteiger partial charge on any atom is 0.304 e. The van der Waals surface area contributed by atoms with Crippen molar-refractivity contribution in [3.63, 3.8) is 0 Å². The highest BCUT2D eigenvalue weighted by molar-refractivity contribution is 6.08. The van der Waals surface area contributed by atoms with Crippen LogP contribution in [0.5, 0.6) is 5.75 Å². The Hall–Kier alpha value is -4.52. The first-order valence-electron chi connectivity index (χ1n) is 9.44. The van der Waals surface area contributed by atoms with Crippen molar-refractivity contribution in [3.8, 4) is 28.0 Å². The number of carbonyl (C=O) groups is 1. The second-order valence-corrected chi connectivity index (χ2v) is 6.48. The molecule has 2 aromatic heterocycles. The summed E-state index contributed by atoms with van der Waals surface area (Å²) in [6.45, 7) is 10.0. The van der Waals surface area contributed by atoms with Crippen LogP contribution in [-0.2, 0) is 7.05 Å². The van der Waals surface area contributed by atoms with E-state index >= 15 is 0 Å². The van der Waals surface area contributed by atoms with E-state index in [1.54, 1.807) is 7.05 Å². The highest BCUT2D eigenvalue weighted by Crippen LogP contribution is 2.36. The van der Waals surface area contributed by atoms with Crippen molar-refractivity contribution >= 4 is 17.7 Å². The lowest BCUT2D eigenvalue weighted by Crippen LogP contribution is -2.18. The largest absolute Gasteiger partial charge is 0.493 e. The molecule has 2 heterocycles. The van der Waals surface area contributed by atoms with E-state index in [9.17, 15) is 4.79 Å². The first-order valence-corrected chi connectivity index (χ1v) is 9.44. The Balaban J connectivity index is 1.73. The van der Waals surface area contributed by atoms with Crippen LogP contribution in [0.2, 0.25) is 0 Å². The third-order valence-corrected chi connectivity index (χ3v) is 4.59. The first-order chi connectivity index (χ1) is 15.1. The van der Waals surface area contributed by atoms with Crippen molar-refractivity contribution in [2.45, 2.75) is 6.92 Å². The maximum absolute atomic E-state index is 12.8. The molecule has 0 atom stereocenters. The minimum Gasteiger partial charge on any atom is -0.493 e. The molecule has 0 spiro atoms. The van der Waals surface area contributed by atoms with E-state index < -0.39 is 5.91 Å². The number of anilines is 1. The van der Waals surface area contributed by atoms with Crippen molar-refractivity contribution in [1.82, 2.24) is 30.4 Å². The number of hydrogen-bond acceptors (Lipinski definition) is 6. The van der Waals surface area contributed by atoms with Crippen molar-refractivity contribution in [2.75, 3.05) is 11.9 Å². The summed E-state index contributed by atoms with van der Waals surface area (Å²) < 4.78 is 7.09. The van der Waals surface area contributed by atoms with E-state index in [2.05, 4.69) is 35.9 Å². The Bertz CT molecular complexity index is 1250. The number of hydrogen-bond donors (Lipinski definition) is 2. The Kier molecular flexibility index (Phi) is 5.40. The number of tetrazole rings is 1. The van der Waals surface area contributed by atoms with E-state index in [0.29, 0.717) is 17.7 Å². The van der Waals surface area contributed by atoms with Gasteiger partial charge in [0.2, 0.25) is 0 Å². The average molecular weight is 414 g/mol. The second kappa shape index (κ2) is 8.46. The zero-order chi connectivity index (χ0) is 21.8. The van der Waals surface area contributed by atoms with Crippen molar-refractivity contribution in [2.24, 2.45) is 7.05 Å². The zero-order valence-electron chi connectivity index (χ0n) is 16.8. The van der Waals surface area contributed by atoms with Gasteiger partial charge < -0.3 is 9.58 Å². The van der Waals surface area contributed by atoms with Crippen LogP contribution in [0.25, 0.3) is 27.1 Å². The van der Waals surface area contributed by atoms with Crippen LogP contribution in [0.4, 0.5) is 11.8 Å². The second-order valence-electron chi connectivity index (χ2n) is 6.48. The number of rotatable bonds is 6. The smallest absolute Gasteiger partial charge is 0.304 e. The summed E-state index contributed by atoms with van der Waals surface area (Å²) >= 11 is 0. The highest BCUT2D eigenvalue weighted by Gasteiger charge is 2.26. The number of benzene rings is 2. The quantitative estimate of drug-likeness (QED) is 0.467. The summed E-state index contributed by atoms with van der Waals surface area (Å²) in [6.07, 6.45) is 0. The minimum atomic E-state index is -0.493. The van der Waals surface area contributed by atoms with E-state index in [1.807, 2.05) is 55.5 Å². The van der Waals surface area contributed by atoms with Crippen LogP contribution in [0.3, 0.4) is 0 Å². The Labute approximate surface area is 177 Å². The number of aryl methyl sites for hydroxylation is 1. The molecule has 0 aliphatic rings. The standard InChI is InChI=1S/C21H18N8O2/c1-4-31-16-8-6-5-7-15(16)13-9-11-14(12-10-13)17-18(29(3)26-19(17)22-2)20(30)23-21-24-27-28-25-21/h5-12H,4H2,1,3H3,(H2,23,24,25,27,28,30). The number of aromatic nitrogens is 6. The summed E-state index contributed by atoms with van der Waals surface area (Å²) in [5, 5.41) is 19.9. The molecule has 154 valence electrons. The molecule has 0 saturated carbocycles. The van der Waals surface area contributed by atoms with Crippen LogP contribution in [0.1, 0.15) is 17.4 Å². The van der Waals surface area contributed by atoms with Gasteiger partial charge in [-0.1, -0.05) is 54.1 Å². The summed E-state index contributed by atoms with van der Waals surface area (Å²) in [5.41, 5.74) is 3.26. The number of nitrogens with one attached hydrogen (secondary N) is 2. The molecule has 0 bridgehead atoms. The number of para-hydroxylation sites is 1. The highest BCUT2D eigenvalue weighted by atomic mass is 16.5. The lowest BCUT2D eigenvalue weighted by molar-refractivity contribution is 0.101. The van der Waals surface area contributed by atoms with Gasteiger partial charge in [0.1, 0.15) is 11.4 Å². The number of amides is 1. The molecule has 10 nitrogen and oxygen atoms in total. The Morgan fingerprint density at radius 3 is 2.61 bits per heavy atom. The molecule has 2 N–H and O–H groups in total. The minimum absolute atomic E-state index is 0.0318. The van der Waals surface area contributed by atoms with Crippen LogP contribution < -0.4 is 10.1 Å². The van der Waals surface area contributed by atoms with Crippen LogP contribution in [0, 0.1) is 6.57 Å². The fourth-order valence-electron chi connectivity index (χ4n) is 3.29. The number of ether oxygens (including phenoxy) is 1. The van der Waals surface area contributed by atoms with Crippen LogP contribution >= 0.6 is 0 Å². The molecule has 4 rings (SSSR count). The molecular formula is C21H18N8O2. The monoisotopic (exact) mass is 414 g/mol. The molecule has 0 aliphatic heterocycles. The fraction of sp³-hybridized carbons (Fsp3) is 0.143. The van der Waals surface area contributed by atoms with Crippen LogP contribution in [-0.4, -0.2) is 42.9 Å². The van der Waals surface area contributed by atoms with Crippen LogP contribution in [0.15, 0.2) is 48.5 Å². The van der Waals surface area contributed by atoms with E-state index in [0.717, 1.165) is 16.9 Å². The Morgan fingerprint density at radius 2 is 1.94 bits per heavy atom. The molecule has 0 fully saturated rings. The zero-order valence-corrected chi connectivity index (χ0v) is 16.8. The third kappa shape index (κ3) is 3.84. The number of aromatic amines is 1. The summed E-state index contributed by atoms with van der Waals surface area (Å²) in [6, 6.07) is 15.3. The molecule has 0 aliphatic carbocycles. The van der Waals surface area contributed by atoms with Gasteiger partial charge in [-0.3, -0.25) is 10.1 Å². The van der Waals surface area contributed by atoms with Gasteiger partial charge in [0.15, 0.2) is 0 Å². The summed E-state index contributed by atoms with van der Waals surface area (Å²) in [5.74, 6) is 0.459. The van der Waals surface area contributed by atoms with Gasteiger partial charge in [-0.2, -0.15) is 9.90 Å². The molecule has 0 saturated heterocycles. The lowest BCUT2D eigenvalue weighted by atomic mass is 9.99. The van der Waals surface area contributed by atoms with Gasteiger partial charge in [0.25, 0.3) is 11.9 Å². The lowest BCUT2D eigenvalue weighted by Gasteiger charge is -2.11. The topological polar surface area (TPSA) is 115 Å². The van der Waals surface area contributed by atoms with Gasteiger partial charge >= 0.3 is 5.82 Å². The summed E-state index contributed by atoms with van der Waals surface area (Å²) in [4.78, 5) is 16.3.